The van der Waals surface area contributed by atoms with Gasteiger partial charge in [0.15, 0.2) is 5.78 Å². The summed E-state index contributed by atoms with van der Waals surface area (Å²) in [6, 6.07) is 10.7. The zero-order valence-corrected chi connectivity index (χ0v) is 12.4. The summed E-state index contributed by atoms with van der Waals surface area (Å²) >= 11 is 5.78. The summed E-state index contributed by atoms with van der Waals surface area (Å²) in [5.41, 5.74) is 1.25. The highest BCUT2D eigenvalue weighted by molar-refractivity contribution is 6.30. The van der Waals surface area contributed by atoms with Gasteiger partial charge in [-0.15, -0.1) is 0 Å². The van der Waals surface area contributed by atoms with E-state index in [4.69, 9.17) is 16.3 Å². The molecular weight excluding hydrogens is 329 g/mol. The molecule has 1 aliphatic rings. The fraction of sp³-hybridized carbons (Fsp3) is 0.118. The number of halogens is 4. The molecule has 2 aromatic carbocycles. The number of carbonyl (C=O) groups is 1. The lowest BCUT2D eigenvalue weighted by molar-refractivity contribution is -0.180. The fourth-order valence-electron chi connectivity index (χ4n) is 2.24. The largest absolute Gasteiger partial charge is 0.476 e. The van der Waals surface area contributed by atoms with Crippen LogP contribution in [0.2, 0.25) is 5.02 Å². The second-order valence-electron chi connectivity index (χ2n) is 5.03. The summed E-state index contributed by atoms with van der Waals surface area (Å²) in [4.78, 5) is 12.4. The average Bonchev–Trinajstić information content (AvgIpc) is 2.53. The van der Waals surface area contributed by atoms with E-state index in [2.05, 4.69) is 0 Å². The van der Waals surface area contributed by atoms with Crippen LogP contribution < -0.4 is 4.74 Å². The van der Waals surface area contributed by atoms with Crippen LogP contribution in [-0.4, -0.2) is 18.1 Å². The summed E-state index contributed by atoms with van der Waals surface area (Å²) < 4.78 is 42.9. The van der Waals surface area contributed by atoms with E-state index in [0.29, 0.717) is 21.7 Å². The number of ketones is 1. The molecule has 0 aromatic heterocycles. The molecule has 0 amide bonds. The topological polar surface area (TPSA) is 26.3 Å². The maximum absolute atomic E-state index is 12.7. The molecule has 2 nitrogen and oxygen atoms in total. The zero-order valence-electron chi connectivity index (χ0n) is 11.6. The maximum Gasteiger partial charge on any atom is 0.429 e. The van der Waals surface area contributed by atoms with Crippen molar-refractivity contribution in [3.8, 4) is 5.75 Å². The Bertz CT molecular complexity index is 779. The summed E-state index contributed by atoms with van der Waals surface area (Å²) in [5, 5.41) is 0.515. The summed E-state index contributed by atoms with van der Waals surface area (Å²) in [6.45, 7) is 0. The van der Waals surface area contributed by atoms with E-state index in [9.17, 15) is 18.0 Å². The molecule has 1 heterocycles. The van der Waals surface area contributed by atoms with Crippen molar-refractivity contribution in [2.45, 2.75) is 12.3 Å². The Morgan fingerprint density at radius 2 is 1.70 bits per heavy atom. The lowest BCUT2D eigenvalue weighted by atomic mass is 9.99. The van der Waals surface area contributed by atoms with Gasteiger partial charge in [0, 0.05) is 21.7 Å². The van der Waals surface area contributed by atoms with E-state index >= 15 is 0 Å². The van der Waals surface area contributed by atoms with Crippen LogP contribution in [0.3, 0.4) is 0 Å². The molecule has 0 saturated carbocycles. The van der Waals surface area contributed by atoms with Crippen LogP contribution in [-0.2, 0) is 0 Å². The van der Waals surface area contributed by atoms with Gasteiger partial charge in [-0.3, -0.25) is 4.79 Å². The summed E-state index contributed by atoms with van der Waals surface area (Å²) in [6.07, 6.45) is -4.19. The van der Waals surface area contributed by atoms with Crippen LogP contribution in [0.15, 0.2) is 48.5 Å². The lowest BCUT2D eigenvalue weighted by Gasteiger charge is -2.23. The van der Waals surface area contributed by atoms with E-state index < -0.39 is 12.3 Å². The standard InChI is InChI=1S/C17H10ClF3O2/c18-13-5-1-10(2-6-13)16(22)12-3-7-14-11(9-12)4-8-15(23-14)17(19,20)21/h1-9,15H. The van der Waals surface area contributed by atoms with Gasteiger partial charge in [-0.05, 0) is 48.5 Å². The third-order valence-electron chi connectivity index (χ3n) is 3.41. The molecule has 0 fully saturated rings. The molecule has 6 heteroatoms. The van der Waals surface area contributed by atoms with Crippen molar-refractivity contribution in [3.63, 3.8) is 0 Å². The highest BCUT2D eigenvalue weighted by Gasteiger charge is 2.41. The first kappa shape index (κ1) is 15.6. The fourth-order valence-corrected chi connectivity index (χ4v) is 2.36. The Hall–Kier alpha value is -2.27. The number of benzene rings is 2. The minimum absolute atomic E-state index is 0.0995. The minimum Gasteiger partial charge on any atom is -0.476 e. The Labute approximate surface area is 135 Å². The van der Waals surface area contributed by atoms with Gasteiger partial charge >= 0.3 is 6.18 Å². The number of hydrogen-bond acceptors (Lipinski definition) is 2. The first-order valence-corrected chi connectivity index (χ1v) is 7.08. The second-order valence-corrected chi connectivity index (χ2v) is 5.46. The quantitative estimate of drug-likeness (QED) is 0.727. The van der Waals surface area contributed by atoms with E-state index in [0.717, 1.165) is 6.08 Å². The van der Waals surface area contributed by atoms with Crippen LogP contribution in [0.4, 0.5) is 13.2 Å². The predicted octanol–water partition coefficient (Wildman–Crippen LogP) is 4.91. The van der Waals surface area contributed by atoms with Gasteiger partial charge in [-0.1, -0.05) is 17.7 Å². The first-order valence-electron chi connectivity index (χ1n) is 6.70. The summed E-state index contributed by atoms with van der Waals surface area (Å²) in [7, 11) is 0. The van der Waals surface area contributed by atoms with Crippen LogP contribution in [0.1, 0.15) is 21.5 Å². The van der Waals surface area contributed by atoms with Gasteiger partial charge in [-0.25, -0.2) is 0 Å². The average molecular weight is 339 g/mol. The second kappa shape index (κ2) is 5.74. The zero-order chi connectivity index (χ0) is 16.6. The number of carbonyl (C=O) groups excluding carboxylic acids is 1. The van der Waals surface area contributed by atoms with Crippen molar-refractivity contribution in [1.29, 1.82) is 0 Å². The molecule has 0 spiro atoms. The Balaban J connectivity index is 1.88. The van der Waals surface area contributed by atoms with E-state index in [1.165, 1.54) is 24.3 Å². The van der Waals surface area contributed by atoms with Crippen LogP contribution in [0, 0.1) is 0 Å². The molecule has 0 N–H and O–H groups in total. The van der Waals surface area contributed by atoms with Gasteiger partial charge in [0.25, 0.3) is 0 Å². The lowest BCUT2D eigenvalue weighted by Crippen LogP contribution is -2.33. The van der Waals surface area contributed by atoms with E-state index in [-0.39, 0.29) is 11.5 Å². The van der Waals surface area contributed by atoms with Crippen LogP contribution in [0.5, 0.6) is 5.75 Å². The molecule has 1 aliphatic heterocycles. The van der Waals surface area contributed by atoms with Crippen molar-refractivity contribution in [1.82, 2.24) is 0 Å². The Kier molecular flexibility index (Phi) is 3.90. The predicted molar refractivity (Wildman–Crippen MR) is 80.8 cm³/mol. The number of ether oxygens (including phenoxy) is 1. The van der Waals surface area contributed by atoms with Crippen molar-refractivity contribution < 1.29 is 22.7 Å². The molecule has 0 aliphatic carbocycles. The molecule has 1 atom stereocenters. The number of fused-ring (bicyclic) bond motifs is 1. The van der Waals surface area contributed by atoms with Gasteiger partial charge < -0.3 is 4.74 Å². The highest BCUT2D eigenvalue weighted by atomic mass is 35.5. The molecule has 0 saturated heterocycles. The van der Waals surface area contributed by atoms with Crippen molar-refractivity contribution in [3.05, 3.63) is 70.3 Å². The molecule has 23 heavy (non-hydrogen) atoms. The maximum atomic E-state index is 12.7. The van der Waals surface area contributed by atoms with Crippen LogP contribution >= 0.6 is 11.6 Å². The number of rotatable bonds is 2. The Morgan fingerprint density at radius 1 is 1.04 bits per heavy atom. The van der Waals surface area contributed by atoms with Crippen LogP contribution in [0.25, 0.3) is 6.08 Å². The number of hydrogen-bond donors (Lipinski definition) is 0. The molecule has 1 unspecified atom stereocenters. The van der Waals surface area contributed by atoms with Gasteiger partial charge in [-0.2, -0.15) is 13.2 Å². The number of alkyl halides is 3. The third kappa shape index (κ3) is 3.24. The molecular formula is C17H10ClF3O2. The monoisotopic (exact) mass is 338 g/mol. The molecule has 118 valence electrons. The van der Waals surface area contributed by atoms with E-state index in [1.54, 1.807) is 24.3 Å². The highest BCUT2D eigenvalue weighted by Crippen LogP contribution is 2.33. The van der Waals surface area contributed by atoms with Crippen molar-refractivity contribution >= 4 is 23.5 Å². The van der Waals surface area contributed by atoms with Crippen molar-refractivity contribution in [2.75, 3.05) is 0 Å². The Morgan fingerprint density at radius 3 is 2.35 bits per heavy atom. The summed E-state index contributed by atoms with van der Waals surface area (Å²) in [5.74, 6) is -0.140. The van der Waals surface area contributed by atoms with Gasteiger partial charge in [0.05, 0.1) is 0 Å². The minimum atomic E-state index is -4.47. The molecule has 0 radical (unpaired) electrons. The smallest absolute Gasteiger partial charge is 0.429 e. The third-order valence-corrected chi connectivity index (χ3v) is 3.66. The molecule has 3 rings (SSSR count). The SMILES string of the molecule is O=C(c1ccc(Cl)cc1)c1ccc2c(c1)C=CC(C(F)(F)F)O2. The van der Waals surface area contributed by atoms with E-state index in [1.807, 2.05) is 0 Å². The first-order chi connectivity index (χ1) is 10.8. The van der Waals surface area contributed by atoms with Gasteiger partial charge in [0.1, 0.15) is 5.75 Å². The van der Waals surface area contributed by atoms with Gasteiger partial charge in [0.2, 0.25) is 6.10 Å². The normalized spacial score (nSPS) is 16.6. The van der Waals surface area contributed by atoms with Crippen molar-refractivity contribution in [2.24, 2.45) is 0 Å². The molecule has 2 aromatic rings. The molecule has 0 bridgehead atoms.